The van der Waals surface area contributed by atoms with E-state index in [9.17, 15) is 0 Å². The van der Waals surface area contributed by atoms with Gasteiger partial charge in [0.05, 0.1) is 0 Å². The van der Waals surface area contributed by atoms with E-state index in [1.54, 1.807) is 5.12 Å². The van der Waals surface area contributed by atoms with Crippen LogP contribution in [0.2, 0.25) is 0 Å². The highest BCUT2D eigenvalue weighted by atomic mass is 16.5. The summed E-state index contributed by atoms with van der Waals surface area (Å²) < 4.78 is 5.65. The molecule has 1 fully saturated rings. The fourth-order valence-electron chi connectivity index (χ4n) is 2.24. The van der Waals surface area contributed by atoms with Gasteiger partial charge in [0.1, 0.15) is 6.61 Å². The molecule has 18 heavy (non-hydrogen) atoms. The molecule has 3 heterocycles. The van der Waals surface area contributed by atoms with Crippen molar-refractivity contribution in [1.82, 2.24) is 21.1 Å². The van der Waals surface area contributed by atoms with Crippen LogP contribution < -0.4 is 11.1 Å². The lowest BCUT2D eigenvalue weighted by Gasteiger charge is -2.26. The molecule has 3 aliphatic rings. The molecule has 0 amide bonds. The molecule has 0 spiro atoms. The Morgan fingerprint density at radius 3 is 3.00 bits per heavy atom. The van der Waals surface area contributed by atoms with Crippen molar-refractivity contribution in [2.75, 3.05) is 26.2 Å². The molecule has 0 bridgehead atoms. The standard InChI is InChI=1S/C11H18N6O/c1-2-6-16(7-3-1)8-9-18-11-5-4-10-12-14-15-17(10)13-11/h4-5,14-15H,1-3,6-9H2. The van der Waals surface area contributed by atoms with E-state index in [4.69, 9.17) is 4.74 Å². The number of amidine groups is 1. The molecule has 98 valence electrons. The van der Waals surface area contributed by atoms with E-state index in [-0.39, 0.29) is 0 Å². The number of hydrogen-bond donors (Lipinski definition) is 2. The summed E-state index contributed by atoms with van der Waals surface area (Å²) in [5.74, 6) is 1.35. The van der Waals surface area contributed by atoms with Crippen molar-refractivity contribution in [3.8, 4) is 0 Å². The zero-order valence-electron chi connectivity index (χ0n) is 10.3. The van der Waals surface area contributed by atoms with Crippen LogP contribution in [0.1, 0.15) is 19.3 Å². The Morgan fingerprint density at radius 2 is 2.11 bits per heavy atom. The summed E-state index contributed by atoms with van der Waals surface area (Å²) in [6, 6.07) is 0. The average Bonchev–Trinajstić information content (AvgIpc) is 2.87. The van der Waals surface area contributed by atoms with Crippen LogP contribution in [0.25, 0.3) is 0 Å². The highest BCUT2D eigenvalue weighted by molar-refractivity contribution is 6.03. The smallest absolute Gasteiger partial charge is 0.233 e. The number of likely N-dealkylation sites (tertiary alicyclic amines) is 1. The van der Waals surface area contributed by atoms with Gasteiger partial charge in [-0.1, -0.05) is 6.42 Å². The average molecular weight is 250 g/mol. The maximum Gasteiger partial charge on any atom is 0.233 e. The van der Waals surface area contributed by atoms with E-state index >= 15 is 0 Å². The Bertz CT molecular complexity index is 385. The third kappa shape index (κ3) is 2.62. The Labute approximate surface area is 106 Å². The summed E-state index contributed by atoms with van der Waals surface area (Å²) in [6.07, 6.45) is 7.67. The molecule has 0 aromatic carbocycles. The third-order valence-electron chi connectivity index (χ3n) is 3.22. The molecule has 3 aliphatic heterocycles. The normalized spacial score (nSPS) is 23.2. The van der Waals surface area contributed by atoms with Crippen LogP contribution in [0.5, 0.6) is 0 Å². The van der Waals surface area contributed by atoms with E-state index in [1.165, 1.54) is 32.4 Å². The number of hydrogen-bond acceptors (Lipinski definition) is 7. The Kier molecular flexibility index (Phi) is 3.42. The van der Waals surface area contributed by atoms with Crippen LogP contribution in [0.4, 0.5) is 0 Å². The van der Waals surface area contributed by atoms with Crippen LogP contribution in [0, 0.1) is 0 Å². The molecule has 0 atom stereocenters. The van der Waals surface area contributed by atoms with Crippen molar-refractivity contribution >= 4 is 11.7 Å². The minimum absolute atomic E-state index is 0.613. The van der Waals surface area contributed by atoms with Crippen molar-refractivity contribution in [3.05, 3.63) is 12.2 Å². The van der Waals surface area contributed by atoms with Crippen molar-refractivity contribution in [2.24, 2.45) is 10.2 Å². The lowest BCUT2D eigenvalue weighted by Crippen LogP contribution is -2.39. The van der Waals surface area contributed by atoms with Crippen molar-refractivity contribution in [2.45, 2.75) is 19.3 Å². The van der Waals surface area contributed by atoms with E-state index in [0.29, 0.717) is 12.5 Å². The first-order valence-electron chi connectivity index (χ1n) is 6.42. The fraction of sp³-hybridized carbons (Fsp3) is 0.636. The number of ether oxygens (including phenoxy) is 1. The third-order valence-corrected chi connectivity index (χ3v) is 3.22. The van der Waals surface area contributed by atoms with Crippen LogP contribution in [-0.4, -0.2) is 48.0 Å². The lowest BCUT2D eigenvalue weighted by atomic mass is 10.1. The molecule has 0 aromatic heterocycles. The highest BCUT2D eigenvalue weighted by Crippen LogP contribution is 2.08. The van der Waals surface area contributed by atoms with E-state index in [1.807, 2.05) is 12.2 Å². The fourth-order valence-corrected chi connectivity index (χ4v) is 2.24. The van der Waals surface area contributed by atoms with Gasteiger partial charge in [0.15, 0.2) is 5.84 Å². The molecular weight excluding hydrogens is 232 g/mol. The van der Waals surface area contributed by atoms with Gasteiger partial charge < -0.3 is 4.74 Å². The quantitative estimate of drug-likeness (QED) is 0.739. The predicted molar refractivity (Wildman–Crippen MR) is 68.4 cm³/mol. The van der Waals surface area contributed by atoms with E-state index in [2.05, 4.69) is 26.2 Å². The number of piperidine rings is 1. The van der Waals surface area contributed by atoms with Gasteiger partial charge in [-0.15, -0.1) is 15.7 Å². The number of nitrogens with one attached hydrogen (secondary N) is 2. The monoisotopic (exact) mass is 250 g/mol. The number of rotatable bonds is 3. The molecule has 0 unspecified atom stereocenters. The Hall–Kier alpha value is -1.60. The maximum absolute atomic E-state index is 5.65. The van der Waals surface area contributed by atoms with Crippen molar-refractivity contribution < 1.29 is 4.74 Å². The van der Waals surface area contributed by atoms with Crippen LogP contribution in [0.3, 0.4) is 0 Å². The van der Waals surface area contributed by atoms with Gasteiger partial charge >= 0.3 is 0 Å². The number of hydrazine groups is 2. The van der Waals surface area contributed by atoms with Gasteiger partial charge in [-0.2, -0.15) is 5.12 Å². The first-order chi connectivity index (χ1) is 8.92. The molecule has 3 rings (SSSR count). The van der Waals surface area contributed by atoms with Gasteiger partial charge in [0.2, 0.25) is 5.90 Å². The number of hydrazone groups is 2. The first-order valence-corrected chi connectivity index (χ1v) is 6.42. The second kappa shape index (κ2) is 5.36. The summed E-state index contributed by atoms with van der Waals surface area (Å²) >= 11 is 0. The Morgan fingerprint density at radius 1 is 1.22 bits per heavy atom. The summed E-state index contributed by atoms with van der Waals surface area (Å²) in [6.45, 7) is 4.04. The molecule has 2 N–H and O–H groups in total. The molecule has 7 heteroatoms. The Balaban J connectivity index is 1.43. The van der Waals surface area contributed by atoms with Gasteiger partial charge in [-0.3, -0.25) is 4.90 Å². The molecule has 0 radical (unpaired) electrons. The number of nitrogens with zero attached hydrogens (tertiary/aromatic N) is 4. The molecule has 0 aromatic rings. The highest BCUT2D eigenvalue weighted by Gasteiger charge is 2.18. The topological polar surface area (TPSA) is 64.5 Å². The molecular formula is C11H18N6O. The van der Waals surface area contributed by atoms with Crippen LogP contribution >= 0.6 is 0 Å². The second-order valence-electron chi connectivity index (χ2n) is 4.53. The van der Waals surface area contributed by atoms with Crippen molar-refractivity contribution in [3.63, 3.8) is 0 Å². The molecule has 0 saturated carbocycles. The van der Waals surface area contributed by atoms with Crippen LogP contribution in [0.15, 0.2) is 22.4 Å². The van der Waals surface area contributed by atoms with Gasteiger partial charge in [-0.05, 0) is 32.0 Å². The van der Waals surface area contributed by atoms with Crippen LogP contribution in [-0.2, 0) is 4.74 Å². The summed E-state index contributed by atoms with van der Waals surface area (Å²) in [5.41, 5.74) is 5.41. The lowest BCUT2D eigenvalue weighted by molar-refractivity contribution is 0.175. The molecule has 7 nitrogen and oxygen atoms in total. The zero-order chi connectivity index (χ0) is 12.2. The minimum atomic E-state index is 0.613. The predicted octanol–water partition coefficient (Wildman–Crippen LogP) is 0.0105. The van der Waals surface area contributed by atoms with Gasteiger partial charge in [-0.25, -0.2) is 5.53 Å². The molecule has 0 aliphatic carbocycles. The van der Waals surface area contributed by atoms with Gasteiger partial charge in [0.25, 0.3) is 0 Å². The largest absolute Gasteiger partial charge is 0.475 e. The van der Waals surface area contributed by atoms with E-state index in [0.717, 1.165) is 12.4 Å². The second-order valence-corrected chi connectivity index (χ2v) is 4.53. The summed E-state index contributed by atoms with van der Waals surface area (Å²) in [4.78, 5) is 2.44. The zero-order valence-corrected chi connectivity index (χ0v) is 10.3. The minimum Gasteiger partial charge on any atom is -0.475 e. The maximum atomic E-state index is 5.65. The number of fused-ring (bicyclic) bond motifs is 1. The summed E-state index contributed by atoms with van der Waals surface area (Å²) in [5, 5.41) is 9.77. The van der Waals surface area contributed by atoms with Gasteiger partial charge in [0, 0.05) is 12.6 Å². The molecule has 1 saturated heterocycles. The van der Waals surface area contributed by atoms with E-state index < -0.39 is 0 Å². The summed E-state index contributed by atoms with van der Waals surface area (Å²) in [7, 11) is 0. The van der Waals surface area contributed by atoms with Crippen molar-refractivity contribution in [1.29, 1.82) is 0 Å². The SMILES string of the molecule is C1=CC2=NNNN2N=C1OCCN1CCCCC1. The first kappa shape index (κ1) is 11.5.